The van der Waals surface area contributed by atoms with Gasteiger partial charge in [0.2, 0.25) is 0 Å². The van der Waals surface area contributed by atoms with E-state index in [1.54, 1.807) is 0 Å². The van der Waals surface area contributed by atoms with Gasteiger partial charge in [-0.2, -0.15) is 0 Å². The fourth-order valence-electron chi connectivity index (χ4n) is 2.20. The van der Waals surface area contributed by atoms with E-state index >= 15 is 0 Å². The van der Waals surface area contributed by atoms with Crippen molar-refractivity contribution in [3.8, 4) is 0 Å². The van der Waals surface area contributed by atoms with Crippen LogP contribution in [0.2, 0.25) is 0 Å². The van der Waals surface area contributed by atoms with E-state index in [0.717, 1.165) is 13.2 Å². The highest BCUT2D eigenvalue weighted by Crippen LogP contribution is 2.26. The summed E-state index contributed by atoms with van der Waals surface area (Å²) in [6.07, 6.45) is 0.0102. The van der Waals surface area contributed by atoms with Gasteiger partial charge in [-0.3, -0.25) is 0 Å². The van der Waals surface area contributed by atoms with Crippen LogP contribution in [0.1, 0.15) is 22.8 Å². The highest BCUT2D eigenvalue weighted by Gasteiger charge is 2.14. The summed E-state index contributed by atoms with van der Waals surface area (Å²) in [5.74, 6) is 0. The normalized spacial score (nSPS) is 12.6. The van der Waals surface area contributed by atoms with E-state index in [4.69, 9.17) is 4.74 Å². The highest BCUT2D eigenvalue weighted by molar-refractivity contribution is 5.32. The third kappa shape index (κ3) is 4.19. The lowest BCUT2D eigenvalue weighted by atomic mass is 10.00. The van der Waals surface area contributed by atoms with Gasteiger partial charge in [-0.25, -0.2) is 0 Å². The molecule has 0 spiro atoms. The summed E-state index contributed by atoms with van der Waals surface area (Å²) in [5.41, 5.74) is 3.69. The van der Waals surface area contributed by atoms with Gasteiger partial charge in [0, 0.05) is 6.54 Å². The molecule has 0 bridgehead atoms. The molecule has 0 amide bonds. The Kier molecular flexibility index (Phi) is 5.33. The van der Waals surface area contributed by atoms with Crippen molar-refractivity contribution in [3.05, 3.63) is 71.3 Å². The first-order valence-electron chi connectivity index (χ1n) is 7.04. The number of aryl methyl sites for hydroxylation is 1. The van der Waals surface area contributed by atoms with Gasteiger partial charge >= 0.3 is 0 Å². The van der Waals surface area contributed by atoms with Crippen molar-refractivity contribution >= 4 is 0 Å². The quantitative estimate of drug-likeness (QED) is 0.793. The van der Waals surface area contributed by atoms with Gasteiger partial charge in [-0.15, -0.1) is 0 Å². The van der Waals surface area contributed by atoms with Crippen LogP contribution >= 0.6 is 0 Å². The predicted octanol–water partition coefficient (Wildman–Crippen LogP) is 3.66. The molecular formula is C18H23NO. The van der Waals surface area contributed by atoms with Crippen LogP contribution in [-0.4, -0.2) is 32.1 Å². The minimum absolute atomic E-state index is 0.0102. The van der Waals surface area contributed by atoms with Gasteiger partial charge in [0.05, 0.1) is 6.61 Å². The van der Waals surface area contributed by atoms with Gasteiger partial charge in [0.15, 0.2) is 0 Å². The van der Waals surface area contributed by atoms with E-state index < -0.39 is 0 Å². The Morgan fingerprint density at radius 1 is 0.950 bits per heavy atom. The Morgan fingerprint density at radius 2 is 1.65 bits per heavy atom. The van der Waals surface area contributed by atoms with E-state index in [0.29, 0.717) is 0 Å². The van der Waals surface area contributed by atoms with E-state index in [1.807, 2.05) is 6.07 Å². The lowest BCUT2D eigenvalue weighted by Gasteiger charge is -2.20. The summed E-state index contributed by atoms with van der Waals surface area (Å²) >= 11 is 0. The number of ether oxygens (including phenoxy) is 1. The van der Waals surface area contributed by atoms with Crippen LogP contribution < -0.4 is 0 Å². The zero-order chi connectivity index (χ0) is 14.4. The second-order valence-corrected chi connectivity index (χ2v) is 5.38. The van der Waals surface area contributed by atoms with Crippen molar-refractivity contribution in [2.24, 2.45) is 0 Å². The third-order valence-electron chi connectivity index (χ3n) is 3.27. The maximum Gasteiger partial charge on any atom is 0.108 e. The zero-order valence-electron chi connectivity index (χ0n) is 12.5. The van der Waals surface area contributed by atoms with Gasteiger partial charge in [-0.05, 0) is 32.1 Å². The monoisotopic (exact) mass is 269 g/mol. The lowest BCUT2D eigenvalue weighted by Crippen LogP contribution is -2.20. The van der Waals surface area contributed by atoms with Crippen LogP contribution in [0, 0.1) is 6.92 Å². The third-order valence-corrected chi connectivity index (χ3v) is 3.27. The number of rotatable bonds is 6. The Morgan fingerprint density at radius 3 is 2.30 bits per heavy atom. The molecule has 0 aromatic heterocycles. The molecule has 2 aromatic carbocycles. The average molecular weight is 269 g/mol. The van der Waals surface area contributed by atoms with E-state index in [-0.39, 0.29) is 6.10 Å². The molecule has 106 valence electrons. The smallest absolute Gasteiger partial charge is 0.108 e. The molecule has 0 N–H and O–H groups in total. The van der Waals surface area contributed by atoms with Crippen LogP contribution in [0.4, 0.5) is 0 Å². The van der Waals surface area contributed by atoms with Crippen LogP contribution in [-0.2, 0) is 4.74 Å². The van der Waals surface area contributed by atoms with Crippen molar-refractivity contribution in [1.29, 1.82) is 0 Å². The van der Waals surface area contributed by atoms with Crippen molar-refractivity contribution < 1.29 is 4.74 Å². The molecule has 0 heterocycles. The van der Waals surface area contributed by atoms with Gasteiger partial charge in [-0.1, -0.05) is 60.2 Å². The molecule has 2 rings (SSSR count). The standard InChI is InChI=1S/C18H23NO/c1-15-8-7-11-17(14-15)18(20-13-12-19(2)3)16-9-5-4-6-10-16/h4-11,14,18H,12-13H2,1-3H3/t18-/m1/s1. The van der Waals surface area contributed by atoms with Crippen molar-refractivity contribution in [3.63, 3.8) is 0 Å². The maximum absolute atomic E-state index is 6.14. The lowest BCUT2D eigenvalue weighted by molar-refractivity contribution is 0.0687. The summed E-state index contributed by atoms with van der Waals surface area (Å²) in [7, 11) is 4.13. The second-order valence-electron chi connectivity index (χ2n) is 5.38. The Balaban J connectivity index is 2.20. The van der Waals surface area contributed by atoms with Gasteiger partial charge < -0.3 is 9.64 Å². The molecule has 0 saturated heterocycles. The SMILES string of the molecule is Cc1cccc([C@H](OCCN(C)C)c2ccccc2)c1. The highest BCUT2D eigenvalue weighted by atomic mass is 16.5. The number of nitrogens with zero attached hydrogens (tertiary/aromatic N) is 1. The Labute approximate surface area is 122 Å². The molecule has 0 aliphatic rings. The molecule has 0 radical (unpaired) electrons. The Bertz CT molecular complexity index is 522. The first-order valence-corrected chi connectivity index (χ1v) is 7.04. The number of likely N-dealkylation sites (N-methyl/N-ethyl adjacent to an activating group) is 1. The van der Waals surface area contributed by atoms with Crippen LogP contribution in [0.5, 0.6) is 0 Å². The maximum atomic E-state index is 6.14. The molecule has 0 aliphatic heterocycles. The molecule has 0 fully saturated rings. The topological polar surface area (TPSA) is 12.5 Å². The molecular weight excluding hydrogens is 246 g/mol. The summed E-state index contributed by atoms with van der Waals surface area (Å²) in [4.78, 5) is 2.14. The molecule has 0 saturated carbocycles. The minimum atomic E-state index is 0.0102. The molecule has 1 atom stereocenters. The summed E-state index contributed by atoms with van der Waals surface area (Å²) in [6.45, 7) is 3.76. The summed E-state index contributed by atoms with van der Waals surface area (Å²) < 4.78 is 6.14. The number of hydrogen-bond donors (Lipinski definition) is 0. The average Bonchev–Trinajstić information content (AvgIpc) is 2.44. The van der Waals surface area contributed by atoms with Crippen LogP contribution in [0.25, 0.3) is 0 Å². The van der Waals surface area contributed by atoms with Crippen molar-refractivity contribution in [2.75, 3.05) is 27.2 Å². The largest absolute Gasteiger partial charge is 0.367 e. The minimum Gasteiger partial charge on any atom is -0.367 e. The summed E-state index contributed by atoms with van der Waals surface area (Å²) in [6, 6.07) is 19.0. The molecule has 0 unspecified atom stereocenters. The van der Waals surface area contributed by atoms with Crippen molar-refractivity contribution in [2.45, 2.75) is 13.0 Å². The predicted molar refractivity (Wildman–Crippen MR) is 84.0 cm³/mol. The second kappa shape index (κ2) is 7.22. The Hall–Kier alpha value is -1.64. The van der Waals surface area contributed by atoms with E-state index in [2.05, 4.69) is 74.4 Å². The fourth-order valence-corrected chi connectivity index (χ4v) is 2.20. The molecule has 20 heavy (non-hydrogen) atoms. The molecule has 0 aliphatic carbocycles. The molecule has 2 aromatic rings. The van der Waals surface area contributed by atoms with Crippen LogP contribution in [0.15, 0.2) is 54.6 Å². The number of hydrogen-bond acceptors (Lipinski definition) is 2. The van der Waals surface area contributed by atoms with Gasteiger partial charge in [0.25, 0.3) is 0 Å². The zero-order valence-corrected chi connectivity index (χ0v) is 12.5. The van der Waals surface area contributed by atoms with Crippen molar-refractivity contribution in [1.82, 2.24) is 4.90 Å². The number of benzene rings is 2. The fraction of sp³-hybridized carbons (Fsp3) is 0.333. The summed E-state index contributed by atoms with van der Waals surface area (Å²) in [5, 5.41) is 0. The van der Waals surface area contributed by atoms with Gasteiger partial charge in [0.1, 0.15) is 6.10 Å². The van der Waals surface area contributed by atoms with Crippen LogP contribution in [0.3, 0.4) is 0 Å². The van der Waals surface area contributed by atoms with E-state index in [1.165, 1.54) is 16.7 Å². The molecule has 2 nitrogen and oxygen atoms in total. The molecule has 2 heteroatoms. The first kappa shape index (κ1) is 14.8. The van der Waals surface area contributed by atoms with E-state index in [9.17, 15) is 0 Å². The first-order chi connectivity index (χ1) is 9.66.